The van der Waals surface area contributed by atoms with E-state index in [0.29, 0.717) is 32.0 Å². The summed E-state index contributed by atoms with van der Waals surface area (Å²) < 4.78 is 0. The van der Waals surface area contributed by atoms with E-state index < -0.39 is 5.60 Å². The van der Waals surface area contributed by atoms with Crippen molar-refractivity contribution in [3.63, 3.8) is 0 Å². The highest BCUT2D eigenvalue weighted by Gasteiger charge is 2.42. The van der Waals surface area contributed by atoms with Gasteiger partial charge in [0, 0.05) is 25.2 Å². The SMILES string of the molecule is CCC(C)(C)NC[C@@]1(O)CCCN(Cc2ccc(C(C)C)cc2)C1=O. The molecule has 1 aliphatic heterocycles. The summed E-state index contributed by atoms with van der Waals surface area (Å²) in [5.41, 5.74) is 1.05. The third kappa shape index (κ3) is 5.05. The van der Waals surface area contributed by atoms with E-state index in [2.05, 4.69) is 64.2 Å². The Morgan fingerprint density at radius 2 is 1.92 bits per heavy atom. The Kier molecular flexibility index (Phi) is 6.28. The third-order valence-electron chi connectivity index (χ3n) is 5.47. The molecular weight excluding hydrogens is 312 g/mol. The van der Waals surface area contributed by atoms with Gasteiger partial charge in [-0.1, -0.05) is 45.0 Å². The maximum absolute atomic E-state index is 12.9. The van der Waals surface area contributed by atoms with Crippen molar-refractivity contribution in [1.82, 2.24) is 10.2 Å². The molecule has 0 spiro atoms. The minimum Gasteiger partial charge on any atom is -0.379 e. The fourth-order valence-corrected chi connectivity index (χ4v) is 3.12. The van der Waals surface area contributed by atoms with E-state index >= 15 is 0 Å². The van der Waals surface area contributed by atoms with E-state index in [1.165, 1.54) is 5.56 Å². The monoisotopic (exact) mass is 346 g/mol. The lowest BCUT2D eigenvalue weighted by molar-refractivity contribution is -0.157. The highest BCUT2D eigenvalue weighted by molar-refractivity contribution is 5.86. The summed E-state index contributed by atoms with van der Waals surface area (Å²) >= 11 is 0. The Labute approximate surface area is 152 Å². The van der Waals surface area contributed by atoms with Gasteiger partial charge in [-0.2, -0.15) is 0 Å². The van der Waals surface area contributed by atoms with Gasteiger partial charge in [0.1, 0.15) is 0 Å². The van der Waals surface area contributed by atoms with Crippen LogP contribution in [-0.4, -0.2) is 40.1 Å². The van der Waals surface area contributed by atoms with Gasteiger partial charge in [0.25, 0.3) is 5.91 Å². The average Bonchev–Trinajstić information content (AvgIpc) is 2.58. The van der Waals surface area contributed by atoms with E-state index in [0.717, 1.165) is 18.4 Å². The molecule has 2 rings (SSSR count). The Morgan fingerprint density at radius 3 is 2.48 bits per heavy atom. The van der Waals surface area contributed by atoms with Crippen LogP contribution in [0, 0.1) is 0 Å². The quantitative estimate of drug-likeness (QED) is 0.795. The molecule has 1 fully saturated rings. The van der Waals surface area contributed by atoms with E-state index in [-0.39, 0.29) is 11.4 Å². The van der Waals surface area contributed by atoms with Crippen LogP contribution in [-0.2, 0) is 11.3 Å². The highest BCUT2D eigenvalue weighted by atomic mass is 16.3. The van der Waals surface area contributed by atoms with Crippen molar-refractivity contribution in [1.29, 1.82) is 0 Å². The fraction of sp³-hybridized carbons (Fsp3) is 0.667. The number of piperidine rings is 1. The minimum atomic E-state index is -1.29. The normalized spacial score (nSPS) is 21.9. The molecule has 1 amide bonds. The number of carbonyl (C=O) groups excluding carboxylic acids is 1. The molecule has 0 radical (unpaired) electrons. The predicted molar refractivity (Wildman–Crippen MR) is 103 cm³/mol. The van der Waals surface area contributed by atoms with Gasteiger partial charge in [0.05, 0.1) is 0 Å². The van der Waals surface area contributed by atoms with Crippen molar-refractivity contribution in [3.8, 4) is 0 Å². The molecule has 4 nitrogen and oxygen atoms in total. The molecule has 0 saturated carbocycles. The molecule has 0 unspecified atom stereocenters. The van der Waals surface area contributed by atoms with Crippen LogP contribution in [0.5, 0.6) is 0 Å². The van der Waals surface area contributed by atoms with E-state index in [9.17, 15) is 9.90 Å². The zero-order chi connectivity index (χ0) is 18.7. The number of hydrogen-bond donors (Lipinski definition) is 2. The van der Waals surface area contributed by atoms with Crippen molar-refractivity contribution in [2.24, 2.45) is 0 Å². The Bertz CT molecular complexity index is 580. The largest absolute Gasteiger partial charge is 0.379 e. The standard InChI is InChI=1S/C21H34N2O2/c1-6-20(4,5)22-15-21(25)12-7-13-23(19(21)24)14-17-8-10-18(11-9-17)16(2)3/h8-11,16,22,25H,6-7,12-15H2,1-5H3/t21-/m0/s1. The number of carbonyl (C=O) groups is 1. The first-order chi connectivity index (χ1) is 11.7. The fourth-order valence-electron chi connectivity index (χ4n) is 3.12. The van der Waals surface area contributed by atoms with Gasteiger partial charge >= 0.3 is 0 Å². The molecule has 0 bridgehead atoms. The molecule has 1 aliphatic rings. The molecular formula is C21H34N2O2. The second-order valence-corrected chi connectivity index (χ2v) is 8.35. The Hall–Kier alpha value is -1.39. The molecule has 0 aliphatic carbocycles. The van der Waals surface area contributed by atoms with Crippen LogP contribution in [0.25, 0.3) is 0 Å². The van der Waals surface area contributed by atoms with E-state index in [1.54, 1.807) is 4.90 Å². The molecule has 1 atom stereocenters. The van der Waals surface area contributed by atoms with Crippen molar-refractivity contribution in [2.45, 2.75) is 77.5 Å². The van der Waals surface area contributed by atoms with Crippen LogP contribution in [0.3, 0.4) is 0 Å². The Balaban J connectivity index is 2.03. The number of benzene rings is 1. The van der Waals surface area contributed by atoms with Crippen LogP contribution < -0.4 is 5.32 Å². The van der Waals surface area contributed by atoms with Crippen molar-refractivity contribution >= 4 is 5.91 Å². The molecule has 1 saturated heterocycles. The second-order valence-electron chi connectivity index (χ2n) is 8.35. The first kappa shape index (κ1) is 19.9. The lowest BCUT2D eigenvalue weighted by Crippen LogP contribution is -2.60. The molecule has 2 N–H and O–H groups in total. The van der Waals surface area contributed by atoms with Crippen LogP contribution in [0.2, 0.25) is 0 Å². The summed E-state index contributed by atoms with van der Waals surface area (Å²) in [6.07, 6.45) is 2.31. The Morgan fingerprint density at radius 1 is 1.28 bits per heavy atom. The second kappa shape index (κ2) is 7.88. The van der Waals surface area contributed by atoms with E-state index in [1.807, 2.05) is 0 Å². The number of likely N-dealkylation sites (tertiary alicyclic amines) is 1. The van der Waals surface area contributed by atoms with E-state index in [4.69, 9.17) is 0 Å². The number of hydrogen-bond acceptors (Lipinski definition) is 3. The maximum Gasteiger partial charge on any atom is 0.256 e. The number of aliphatic hydroxyl groups is 1. The van der Waals surface area contributed by atoms with Gasteiger partial charge in [-0.3, -0.25) is 4.79 Å². The summed E-state index contributed by atoms with van der Waals surface area (Å²) in [7, 11) is 0. The van der Waals surface area contributed by atoms with Crippen LogP contribution in [0.15, 0.2) is 24.3 Å². The molecule has 25 heavy (non-hydrogen) atoms. The molecule has 1 aromatic rings. The number of β-amino-alcohol motifs (C(OH)–C–C–N with tert-alkyl or cyclic N) is 1. The van der Waals surface area contributed by atoms with Gasteiger partial charge in [0.2, 0.25) is 0 Å². The molecule has 1 aromatic carbocycles. The summed E-state index contributed by atoms with van der Waals surface area (Å²) in [5.74, 6) is 0.356. The first-order valence-electron chi connectivity index (χ1n) is 9.52. The van der Waals surface area contributed by atoms with Crippen LogP contribution >= 0.6 is 0 Å². The number of nitrogens with one attached hydrogen (secondary N) is 1. The van der Waals surface area contributed by atoms with Gasteiger partial charge in [-0.25, -0.2) is 0 Å². The van der Waals surface area contributed by atoms with Gasteiger partial charge < -0.3 is 15.3 Å². The summed E-state index contributed by atoms with van der Waals surface area (Å²) in [4.78, 5) is 14.7. The van der Waals surface area contributed by atoms with Gasteiger partial charge in [0.15, 0.2) is 5.60 Å². The zero-order valence-electron chi connectivity index (χ0n) is 16.4. The van der Waals surface area contributed by atoms with Crippen molar-refractivity contribution in [2.75, 3.05) is 13.1 Å². The predicted octanol–water partition coefficient (Wildman–Crippen LogP) is 3.44. The average molecular weight is 347 g/mol. The summed E-state index contributed by atoms with van der Waals surface area (Å²) in [5, 5.41) is 14.3. The third-order valence-corrected chi connectivity index (χ3v) is 5.47. The zero-order valence-corrected chi connectivity index (χ0v) is 16.4. The highest BCUT2D eigenvalue weighted by Crippen LogP contribution is 2.25. The van der Waals surface area contributed by atoms with Crippen LogP contribution in [0.4, 0.5) is 0 Å². The molecule has 0 aromatic heterocycles. The van der Waals surface area contributed by atoms with Gasteiger partial charge in [-0.15, -0.1) is 0 Å². The lowest BCUT2D eigenvalue weighted by Gasteiger charge is -2.40. The number of amides is 1. The molecule has 1 heterocycles. The number of nitrogens with zero attached hydrogens (tertiary/aromatic N) is 1. The molecule has 4 heteroatoms. The topological polar surface area (TPSA) is 52.6 Å². The minimum absolute atomic E-state index is 0.0784. The first-order valence-corrected chi connectivity index (χ1v) is 9.52. The summed E-state index contributed by atoms with van der Waals surface area (Å²) in [6.45, 7) is 12.2. The number of rotatable bonds is 7. The van der Waals surface area contributed by atoms with Crippen LogP contribution in [0.1, 0.15) is 70.9 Å². The van der Waals surface area contributed by atoms with Crippen molar-refractivity contribution in [3.05, 3.63) is 35.4 Å². The summed E-state index contributed by atoms with van der Waals surface area (Å²) in [6, 6.07) is 8.45. The smallest absolute Gasteiger partial charge is 0.256 e. The molecule has 140 valence electrons. The lowest BCUT2D eigenvalue weighted by atomic mass is 9.89. The van der Waals surface area contributed by atoms with Gasteiger partial charge in [-0.05, 0) is 50.2 Å². The van der Waals surface area contributed by atoms with Crippen molar-refractivity contribution < 1.29 is 9.90 Å². The maximum atomic E-state index is 12.9.